The SMILES string of the molecule is CC(C)CC(=O)NC1CCN(C(=O)N(C)C)CC1. The Bertz CT molecular complexity index is 295. The van der Waals surface area contributed by atoms with Gasteiger partial charge in [-0.25, -0.2) is 4.79 Å². The molecular formula is C13H25N3O2. The fourth-order valence-corrected chi connectivity index (χ4v) is 2.16. The lowest BCUT2D eigenvalue weighted by Crippen LogP contribution is -2.49. The minimum absolute atomic E-state index is 0.0574. The first-order valence-electron chi connectivity index (χ1n) is 6.65. The van der Waals surface area contributed by atoms with Crippen molar-refractivity contribution in [3.8, 4) is 0 Å². The van der Waals surface area contributed by atoms with Crippen LogP contribution >= 0.6 is 0 Å². The summed E-state index contributed by atoms with van der Waals surface area (Å²) in [5, 5.41) is 3.05. The van der Waals surface area contributed by atoms with E-state index in [-0.39, 0.29) is 18.0 Å². The Hall–Kier alpha value is -1.26. The number of urea groups is 1. The summed E-state index contributed by atoms with van der Waals surface area (Å²) >= 11 is 0. The zero-order valence-corrected chi connectivity index (χ0v) is 11.9. The average molecular weight is 255 g/mol. The Morgan fingerprint density at radius 1 is 1.28 bits per heavy atom. The van der Waals surface area contributed by atoms with Crippen LogP contribution in [0.2, 0.25) is 0 Å². The molecule has 3 amide bonds. The van der Waals surface area contributed by atoms with E-state index in [0.717, 1.165) is 25.9 Å². The van der Waals surface area contributed by atoms with Gasteiger partial charge in [0.15, 0.2) is 0 Å². The van der Waals surface area contributed by atoms with Crippen molar-refractivity contribution in [2.45, 2.75) is 39.2 Å². The summed E-state index contributed by atoms with van der Waals surface area (Å²) in [6, 6.07) is 0.282. The van der Waals surface area contributed by atoms with Gasteiger partial charge >= 0.3 is 6.03 Å². The van der Waals surface area contributed by atoms with Gasteiger partial charge in [0.1, 0.15) is 0 Å². The minimum Gasteiger partial charge on any atom is -0.353 e. The fraction of sp³-hybridized carbons (Fsp3) is 0.846. The molecule has 0 bridgehead atoms. The van der Waals surface area contributed by atoms with Gasteiger partial charge in [-0.1, -0.05) is 13.8 Å². The first kappa shape index (κ1) is 14.8. The molecule has 0 aromatic heterocycles. The Kier molecular flexibility index (Phi) is 5.44. The van der Waals surface area contributed by atoms with E-state index in [1.807, 2.05) is 18.7 Å². The van der Waals surface area contributed by atoms with Gasteiger partial charge in [0.2, 0.25) is 5.91 Å². The van der Waals surface area contributed by atoms with E-state index in [1.165, 1.54) is 0 Å². The molecule has 18 heavy (non-hydrogen) atoms. The van der Waals surface area contributed by atoms with Gasteiger partial charge < -0.3 is 15.1 Å². The molecule has 1 fully saturated rings. The second kappa shape index (κ2) is 6.61. The number of hydrogen-bond donors (Lipinski definition) is 1. The molecule has 0 saturated carbocycles. The fourth-order valence-electron chi connectivity index (χ4n) is 2.16. The van der Waals surface area contributed by atoms with E-state index < -0.39 is 0 Å². The van der Waals surface area contributed by atoms with Crippen molar-refractivity contribution >= 4 is 11.9 Å². The summed E-state index contributed by atoms with van der Waals surface area (Å²) in [6.07, 6.45) is 2.28. The lowest BCUT2D eigenvalue weighted by Gasteiger charge is -2.34. The third-order valence-corrected chi connectivity index (χ3v) is 3.11. The predicted molar refractivity (Wildman–Crippen MR) is 71.3 cm³/mol. The lowest BCUT2D eigenvalue weighted by molar-refractivity contribution is -0.122. The highest BCUT2D eigenvalue weighted by Crippen LogP contribution is 2.12. The summed E-state index contributed by atoms with van der Waals surface area (Å²) < 4.78 is 0. The summed E-state index contributed by atoms with van der Waals surface area (Å²) in [5.41, 5.74) is 0. The van der Waals surface area contributed by atoms with Crippen molar-refractivity contribution in [3.05, 3.63) is 0 Å². The van der Waals surface area contributed by atoms with Gasteiger partial charge in [-0.15, -0.1) is 0 Å². The molecule has 104 valence electrons. The number of piperidine rings is 1. The van der Waals surface area contributed by atoms with Gasteiger partial charge in [0, 0.05) is 39.6 Å². The number of nitrogens with one attached hydrogen (secondary N) is 1. The van der Waals surface area contributed by atoms with E-state index in [4.69, 9.17) is 0 Å². The van der Waals surface area contributed by atoms with E-state index in [0.29, 0.717) is 12.3 Å². The molecule has 0 spiro atoms. The highest BCUT2D eigenvalue weighted by molar-refractivity contribution is 5.76. The number of likely N-dealkylation sites (tertiary alicyclic amines) is 1. The van der Waals surface area contributed by atoms with E-state index in [2.05, 4.69) is 5.32 Å². The molecule has 1 rings (SSSR count). The molecule has 1 aliphatic rings. The van der Waals surface area contributed by atoms with Crippen LogP contribution in [0, 0.1) is 5.92 Å². The summed E-state index contributed by atoms with van der Waals surface area (Å²) in [5.74, 6) is 0.516. The summed E-state index contributed by atoms with van der Waals surface area (Å²) in [4.78, 5) is 26.8. The molecule has 1 saturated heterocycles. The van der Waals surface area contributed by atoms with Crippen LogP contribution in [0.5, 0.6) is 0 Å². The molecule has 0 atom stereocenters. The third-order valence-electron chi connectivity index (χ3n) is 3.11. The summed E-state index contributed by atoms with van der Waals surface area (Å²) in [7, 11) is 3.53. The maximum atomic E-state index is 11.7. The predicted octanol–water partition coefficient (Wildman–Crippen LogP) is 1.29. The van der Waals surface area contributed by atoms with Gasteiger partial charge in [-0.05, 0) is 18.8 Å². The highest BCUT2D eigenvalue weighted by atomic mass is 16.2. The third kappa shape index (κ3) is 4.55. The first-order chi connectivity index (χ1) is 8.40. The normalized spacial score (nSPS) is 16.8. The van der Waals surface area contributed by atoms with Crippen LogP contribution in [0.1, 0.15) is 33.1 Å². The van der Waals surface area contributed by atoms with Gasteiger partial charge in [-0.2, -0.15) is 0 Å². The number of rotatable bonds is 3. The minimum atomic E-state index is 0.0574. The highest BCUT2D eigenvalue weighted by Gasteiger charge is 2.24. The topological polar surface area (TPSA) is 52.7 Å². The smallest absolute Gasteiger partial charge is 0.319 e. The van der Waals surface area contributed by atoms with Gasteiger partial charge in [-0.3, -0.25) is 4.79 Å². The van der Waals surface area contributed by atoms with Crippen LogP contribution < -0.4 is 5.32 Å². The second-order valence-electron chi connectivity index (χ2n) is 5.60. The van der Waals surface area contributed by atoms with Crippen LogP contribution in [0.4, 0.5) is 4.79 Å². The molecular weight excluding hydrogens is 230 g/mol. The van der Waals surface area contributed by atoms with E-state index >= 15 is 0 Å². The molecule has 0 unspecified atom stereocenters. The average Bonchev–Trinajstić information content (AvgIpc) is 2.27. The molecule has 5 heteroatoms. The number of amides is 3. The van der Waals surface area contributed by atoms with Crippen molar-refractivity contribution in [2.24, 2.45) is 5.92 Å². The number of nitrogens with zero attached hydrogens (tertiary/aromatic N) is 2. The number of carbonyl (C=O) groups excluding carboxylic acids is 2. The Labute approximate surface area is 110 Å². The van der Waals surface area contributed by atoms with Crippen LogP contribution in [0.25, 0.3) is 0 Å². The van der Waals surface area contributed by atoms with Crippen LogP contribution in [-0.2, 0) is 4.79 Å². The number of carbonyl (C=O) groups is 2. The standard InChI is InChI=1S/C13H25N3O2/c1-10(2)9-12(17)14-11-5-7-16(8-6-11)13(18)15(3)4/h10-11H,5-9H2,1-4H3,(H,14,17). The van der Waals surface area contributed by atoms with E-state index in [9.17, 15) is 9.59 Å². The quantitative estimate of drug-likeness (QED) is 0.826. The zero-order valence-electron chi connectivity index (χ0n) is 11.9. The second-order valence-corrected chi connectivity index (χ2v) is 5.60. The Morgan fingerprint density at radius 2 is 1.83 bits per heavy atom. The van der Waals surface area contributed by atoms with Gasteiger partial charge in [0.05, 0.1) is 0 Å². The molecule has 1 N–H and O–H groups in total. The molecule has 1 aliphatic heterocycles. The first-order valence-corrected chi connectivity index (χ1v) is 6.65. The Morgan fingerprint density at radius 3 is 2.28 bits per heavy atom. The van der Waals surface area contributed by atoms with Crippen LogP contribution in [0.15, 0.2) is 0 Å². The monoisotopic (exact) mass is 255 g/mol. The van der Waals surface area contributed by atoms with Crippen LogP contribution in [-0.4, -0.2) is 55.0 Å². The van der Waals surface area contributed by atoms with Gasteiger partial charge in [0.25, 0.3) is 0 Å². The molecule has 5 nitrogen and oxygen atoms in total. The zero-order chi connectivity index (χ0) is 13.7. The lowest BCUT2D eigenvalue weighted by atomic mass is 10.0. The molecule has 0 aliphatic carbocycles. The maximum Gasteiger partial charge on any atom is 0.319 e. The molecule has 1 heterocycles. The van der Waals surface area contributed by atoms with Crippen molar-refractivity contribution in [2.75, 3.05) is 27.2 Å². The van der Waals surface area contributed by atoms with E-state index in [1.54, 1.807) is 19.0 Å². The Balaban J connectivity index is 2.31. The molecule has 0 radical (unpaired) electrons. The largest absolute Gasteiger partial charge is 0.353 e. The van der Waals surface area contributed by atoms with Crippen molar-refractivity contribution in [1.82, 2.24) is 15.1 Å². The summed E-state index contributed by atoms with van der Waals surface area (Å²) in [6.45, 7) is 5.53. The molecule has 0 aromatic rings. The molecule has 0 aromatic carbocycles. The maximum absolute atomic E-state index is 11.7. The van der Waals surface area contributed by atoms with Crippen LogP contribution in [0.3, 0.4) is 0 Å². The number of hydrogen-bond acceptors (Lipinski definition) is 2. The van der Waals surface area contributed by atoms with Crippen molar-refractivity contribution in [3.63, 3.8) is 0 Å². The van der Waals surface area contributed by atoms with Crippen molar-refractivity contribution in [1.29, 1.82) is 0 Å². The van der Waals surface area contributed by atoms with Crippen molar-refractivity contribution < 1.29 is 9.59 Å².